The summed E-state index contributed by atoms with van der Waals surface area (Å²) in [6.45, 7) is 4.74. The van der Waals surface area contributed by atoms with Crippen molar-refractivity contribution in [3.8, 4) is 35.5 Å². The molecule has 53 nitrogen and oxygen atoms in total. The fourth-order valence-corrected chi connectivity index (χ4v) is 23.3. The predicted octanol–water partition coefficient (Wildman–Crippen LogP) is 4.29. The molecule has 0 amide bonds. The number of nitrogens with zero attached hydrogens (tertiary/aromatic N) is 7. The van der Waals surface area contributed by atoms with Gasteiger partial charge in [-0.1, -0.05) is 116 Å². The summed E-state index contributed by atoms with van der Waals surface area (Å²) in [7, 11) is -38.2. The zero-order valence-electron chi connectivity index (χ0n) is 65.5. The number of nitrogen functional groups attached to an aromatic ring is 3. The second kappa shape index (κ2) is 53.6. The molecule has 11 unspecified atom stereocenters. The summed E-state index contributed by atoms with van der Waals surface area (Å²) >= 11 is 3.93. The van der Waals surface area contributed by atoms with Gasteiger partial charge in [-0.3, -0.25) is 27.3 Å². The fraction of sp³-hybridized carbons (Fsp3) is 0.582. The van der Waals surface area contributed by atoms with Crippen LogP contribution in [0.5, 0.6) is 0 Å². The van der Waals surface area contributed by atoms with E-state index >= 15 is 0 Å². The van der Waals surface area contributed by atoms with Gasteiger partial charge in [-0.25, -0.2) is 60.5 Å². The Labute approximate surface area is 743 Å². The third kappa shape index (κ3) is 45.9. The van der Waals surface area contributed by atoms with Crippen LogP contribution in [0.2, 0.25) is 0 Å². The van der Waals surface area contributed by atoms with Crippen LogP contribution in [0.3, 0.4) is 0 Å². The highest BCUT2D eigenvalue weighted by atomic mass is 33.1. The SMILES string of the molecule is CC(C)(C)SSCOC1C[C@H](n2cc(C#CCN)c(N)nc2=O)O[C@@H]1COP(=O)(O)OP(=O)(O)OP(=O)(O)O.CSSCOC1C[C@H](n2cc(C#CCN)c(N)nc2=O)O[C@@H]1COP(=O)(O)OP(=O)(O)OP(=O)(O)O.CSSc1ccccn1.NCC#Cc1cn([C@H]2CC(OCS)[C@@H](COP(=O)(O)OP(=O)(O)OP(=O)(O)O)O2)c(=O)nc1N.PC1CCCCO1. The van der Waals surface area contributed by atoms with Crippen molar-refractivity contribution in [1.29, 1.82) is 0 Å². The quantitative estimate of drug-likeness (QED) is 0.00754. The number of hydrogen-bond donors (Lipinski definition) is 19. The summed E-state index contributed by atoms with van der Waals surface area (Å²) in [6, 6.07) is 5.91. The average molecular weight is 2110 g/mol. The second-order valence-corrected chi connectivity index (χ2v) is 47.1. The molecule has 8 rings (SSSR count). The number of anilines is 3. The van der Waals surface area contributed by atoms with Crippen LogP contribution in [0, 0.1) is 35.5 Å². The van der Waals surface area contributed by atoms with Crippen molar-refractivity contribution < 1.29 is 172 Å². The van der Waals surface area contributed by atoms with Gasteiger partial charge in [0.25, 0.3) is 0 Å². The van der Waals surface area contributed by atoms with E-state index in [1.165, 1.54) is 81.0 Å². The molecular weight excluding hydrogens is 2020 g/mol. The smallest absolute Gasteiger partial charge is 0.382 e. The first-order chi connectivity index (χ1) is 58.0. The molecule has 0 aliphatic carbocycles. The summed E-state index contributed by atoms with van der Waals surface area (Å²) in [5.74, 6) is 16.0. The van der Waals surface area contributed by atoms with Crippen LogP contribution in [-0.2, 0) is 114 Å². The first-order valence-electron chi connectivity index (χ1n) is 34.4. The molecule has 4 aliphatic rings. The van der Waals surface area contributed by atoms with Crippen LogP contribution in [0.1, 0.15) is 94.7 Å². The van der Waals surface area contributed by atoms with Crippen LogP contribution in [0.15, 0.2) is 62.4 Å². The molecule has 0 aromatic carbocycles. The van der Waals surface area contributed by atoms with Gasteiger partial charge < -0.3 is 126 Å². The fourth-order valence-electron chi connectivity index (χ4n) is 9.62. The Balaban J connectivity index is 0.000000359. The van der Waals surface area contributed by atoms with Gasteiger partial charge in [-0.15, -0.1) is 9.24 Å². The summed E-state index contributed by atoms with van der Waals surface area (Å²) in [6.07, 6.45) is 4.61. The number of thiol groups is 1. The zero-order chi connectivity index (χ0) is 94.2. The van der Waals surface area contributed by atoms with Crippen molar-refractivity contribution in [3.05, 3.63) is 91.1 Å². The summed E-state index contributed by atoms with van der Waals surface area (Å²) in [5, 5.41) is 1.07. The number of nitrogens with two attached hydrogens (primary N) is 6. The lowest BCUT2D eigenvalue weighted by atomic mass is 10.2. The third-order valence-electron chi connectivity index (χ3n) is 14.2. The minimum absolute atomic E-state index is 0.0141. The van der Waals surface area contributed by atoms with Gasteiger partial charge in [0.2, 0.25) is 0 Å². The van der Waals surface area contributed by atoms with Crippen molar-refractivity contribution in [3.63, 3.8) is 0 Å². The molecule has 0 saturated carbocycles. The summed E-state index contributed by atoms with van der Waals surface area (Å²) in [5.41, 5.74) is 31.5. The molecule has 8 heterocycles. The van der Waals surface area contributed by atoms with Crippen LogP contribution >= 0.6 is 157 Å². The first-order valence-corrected chi connectivity index (χ1v) is 56.9. The van der Waals surface area contributed by atoms with E-state index in [1.54, 1.807) is 34.0 Å². The maximum Gasteiger partial charge on any atom is 0.490 e. The van der Waals surface area contributed by atoms with Crippen LogP contribution in [0.4, 0.5) is 17.5 Å². The summed E-state index contributed by atoms with van der Waals surface area (Å²) < 4.78 is 181. The molecule has 0 spiro atoms. The molecule has 0 bridgehead atoms. The van der Waals surface area contributed by atoms with Crippen LogP contribution in [-0.4, -0.2) is 216 Å². The number of aromatic nitrogens is 7. The first kappa shape index (κ1) is 115. The zero-order valence-corrected chi connectivity index (χ0v) is 80.5. The molecule has 4 aromatic heterocycles. The number of phosphoric ester groups is 3. The van der Waals surface area contributed by atoms with E-state index in [-0.39, 0.29) is 95.6 Å². The van der Waals surface area contributed by atoms with Crippen molar-refractivity contribution in [2.24, 2.45) is 17.2 Å². The molecule has 708 valence electrons. The van der Waals surface area contributed by atoms with Gasteiger partial charge in [-0.05, 0) is 54.7 Å². The topological polar surface area (TPSA) is 818 Å². The minimum Gasteiger partial charge on any atom is -0.382 e. The molecule has 24 N–H and O–H groups in total. The lowest BCUT2D eigenvalue weighted by Crippen LogP contribution is -2.29. The number of phosphoric acid groups is 9. The van der Waals surface area contributed by atoms with Crippen LogP contribution in [0.25, 0.3) is 0 Å². The molecule has 4 aliphatic heterocycles. The Hall–Kier alpha value is -2.42. The highest BCUT2D eigenvalue weighted by Crippen LogP contribution is 2.69. The monoisotopic (exact) mass is 2110 g/mol. The number of hydrogen-bond acceptors (Lipinski definition) is 45. The highest BCUT2D eigenvalue weighted by Gasteiger charge is 2.48. The Morgan fingerprint density at radius 2 is 0.872 bits per heavy atom. The molecule has 125 heavy (non-hydrogen) atoms. The standard InChI is InChI=1S/C17H29N4O13P3S2.C14H23N4O13P3S2.C13H21N4O13P3S.C6H7NS2.C5H11OP/c1-17(2,3)39-38-10-30-12-7-14(21-8-11(5-4-6-18)15(19)20-16(21)22)32-13(12)9-31-36(26,27)34-37(28,29)33-35(23,24)25;1-35-36-8-27-10-5-12(18-6-9(3-2-4-15)13(16)17-14(18)19)29-11(10)7-28-33(23,24)31-34(25,26)30-32(20,21)22;14-3-1-2-8-5-17(13(18)16-12(8)15)11-4-9(26-7-34)10(28-11)6-27-32(22,23)30-33(24,25)29-31(19,20)21;1-8-9-6-4-2-3-5-7-6;7-5-3-1-2-4-6-5/h8,12-14H,6-7,9-10,18H2,1-3H3,(H,26,27)(H,28,29)(H2,19,20,22)(H2,23,24,25);6,10-12H,4-5,7-8,15H2,1H3,(H,23,24)(H,25,26)(H2,16,17,19)(H2,20,21,22);5,9-11,34H,3-4,6-7,14H2,(H,22,23)(H,24,25)(H2,15,16,18)(H2,19,20,21);2-5H,1H3;5H,1-4,7H2/t12?,13-,14-;10?,11-,12-;9?,10-,11-;;/m111../s1. The minimum atomic E-state index is -5.70. The molecule has 0 radical (unpaired) electrons. The van der Waals surface area contributed by atoms with Gasteiger partial charge in [0.1, 0.15) is 71.4 Å². The predicted molar refractivity (Wildman–Crippen MR) is 463 cm³/mol. The molecular formula is C55H91N13O40P10S7. The lowest BCUT2D eigenvalue weighted by molar-refractivity contribution is -0.0543. The van der Waals surface area contributed by atoms with E-state index in [2.05, 4.69) is 112 Å². The van der Waals surface area contributed by atoms with E-state index in [0.29, 0.717) is 5.85 Å². The molecule has 17 atom stereocenters. The second-order valence-electron chi connectivity index (χ2n) is 24.9. The Bertz CT molecular complexity index is 5030. The van der Waals surface area contributed by atoms with Crippen LogP contribution < -0.4 is 51.5 Å². The van der Waals surface area contributed by atoms with E-state index in [4.69, 9.17) is 101 Å². The Kier molecular flexibility index (Phi) is 49.3. The van der Waals surface area contributed by atoms with Gasteiger partial charge in [0.15, 0.2) is 0 Å². The molecule has 4 saturated heterocycles. The molecule has 70 heteroatoms. The third-order valence-corrected chi connectivity index (χ3v) is 32.4. The number of ether oxygens (including phenoxy) is 7. The van der Waals surface area contributed by atoms with E-state index < -0.39 is 163 Å². The van der Waals surface area contributed by atoms with E-state index in [0.717, 1.165) is 25.3 Å². The highest BCUT2D eigenvalue weighted by molar-refractivity contribution is 8.77. The summed E-state index contributed by atoms with van der Waals surface area (Å²) in [4.78, 5) is 161. The van der Waals surface area contributed by atoms with Crippen molar-refractivity contribution in [2.75, 3.05) is 93.6 Å². The lowest BCUT2D eigenvalue weighted by Gasteiger charge is -2.22. The molecule has 4 aromatic rings. The van der Waals surface area contributed by atoms with Gasteiger partial charge >= 0.3 is 87.5 Å². The molecule has 4 fully saturated rings. The largest absolute Gasteiger partial charge is 0.490 e. The number of pyridine rings is 1. The van der Waals surface area contributed by atoms with Gasteiger partial charge in [-0.2, -0.15) is 53.4 Å². The Morgan fingerprint density at radius 3 is 1.14 bits per heavy atom. The number of rotatable bonds is 36. The van der Waals surface area contributed by atoms with Gasteiger partial charge in [0.05, 0.1) is 86.2 Å². The maximum atomic E-state index is 12.5. The van der Waals surface area contributed by atoms with E-state index in [9.17, 15) is 84.8 Å². The normalized spacial score (nSPS) is 23.0. The Morgan fingerprint density at radius 1 is 0.520 bits per heavy atom. The van der Waals surface area contributed by atoms with Crippen molar-refractivity contribution >= 4 is 174 Å². The van der Waals surface area contributed by atoms with Gasteiger partial charge in [0, 0.05) is 55.4 Å². The van der Waals surface area contributed by atoms with Crippen molar-refractivity contribution in [1.82, 2.24) is 33.6 Å². The maximum absolute atomic E-state index is 12.5. The average Bonchev–Trinajstić information content (AvgIpc) is 1.68. The van der Waals surface area contributed by atoms with E-state index in [1.807, 2.05) is 45.2 Å². The van der Waals surface area contributed by atoms with Crippen molar-refractivity contribution in [2.45, 2.75) is 130 Å².